The Balaban J connectivity index is 1.59. The van der Waals surface area contributed by atoms with Gasteiger partial charge < -0.3 is 19.4 Å². The maximum Gasteiger partial charge on any atom is 0.192 e. The zero-order valence-corrected chi connectivity index (χ0v) is 23.4. The number of phenols is 1. The summed E-state index contributed by atoms with van der Waals surface area (Å²) in [4.78, 5) is 0. The molecule has 0 aliphatic heterocycles. The fourth-order valence-corrected chi connectivity index (χ4v) is 8.80. The van der Waals surface area contributed by atoms with Crippen molar-refractivity contribution in [1.29, 1.82) is 0 Å². The number of benzene rings is 1. The maximum atomic E-state index is 10.2. The summed E-state index contributed by atoms with van der Waals surface area (Å²) in [6.07, 6.45) is 8.58. The van der Waals surface area contributed by atoms with Gasteiger partial charge in [-0.15, -0.1) is 0 Å². The summed E-state index contributed by atoms with van der Waals surface area (Å²) in [6.45, 7) is 15.7. The summed E-state index contributed by atoms with van der Waals surface area (Å²) >= 11 is 0. The minimum absolute atomic E-state index is 0.0941. The first kappa shape index (κ1) is 26.2. The molecule has 1 aromatic rings. The number of aliphatic hydroxyl groups excluding tert-OH is 1. The van der Waals surface area contributed by atoms with E-state index in [1.165, 1.54) is 36.8 Å². The van der Waals surface area contributed by atoms with Gasteiger partial charge in [-0.25, -0.2) is 0 Å². The molecule has 2 fully saturated rings. The van der Waals surface area contributed by atoms with Gasteiger partial charge in [-0.05, 0) is 115 Å². The lowest BCUT2D eigenvalue weighted by molar-refractivity contribution is -0.0355. The van der Waals surface area contributed by atoms with Crippen LogP contribution in [-0.4, -0.2) is 44.5 Å². The molecule has 2 N–H and O–H groups in total. The Bertz CT molecular complexity index is 847. The third-order valence-electron chi connectivity index (χ3n) is 10.1. The summed E-state index contributed by atoms with van der Waals surface area (Å²) in [5.74, 6) is 2.99. The molecule has 0 bridgehead atoms. The fourth-order valence-electron chi connectivity index (χ4n) is 7.35. The summed E-state index contributed by atoms with van der Waals surface area (Å²) in [6, 6.07) is 6.13. The smallest absolute Gasteiger partial charge is 0.192 e. The van der Waals surface area contributed by atoms with Crippen LogP contribution in [0.2, 0.25) is 18.1 Å². The van der Waals surface area contributed by atoms with Crippen LogP contribution in [0, 0.1) is 23.2 Å². The van der Waals surface area contributed by atoms with E-state index in [9.17, 15) is 5.11 Å². The number of ether oxygens (including phenoxy) is 1. The maximum absolute atomic E-state index is 10.2. The summed E-state index contributed by atoms with van der Waals surface area (Å²) in [5.41, 5.74) is 3.11. The predicted octanol–water partition coefficient (Wildman–Crippen LogP) is 6.65. The zero-order chi connectivity index (χ0) is 24.7. The Morgan fingerprint density at radius 2 is 1.88 bits per heavy atom. The second-order valence-electron chi connectivity index (χ2n) is 13.1. The van der Waals surface area contributed by atoms with E-state index in [1.54, 1.807) is 0 Å². The van der Waals surface area contributed by atoms with E-state index in [1.807, 2.05) is 12.1 Å². The van der Waals surface area contributed by atoms with Crippen molar-refractivity contribution in [3.05, 3.63) is 29.3 Å². The molecule has 3 aliphatic rings. The Labute approximate surface area is 208 Å². The lowest BCUT2D eigenvalue weighted by Gasteiger charge is -2.54. The van der Waals surface area contributed by atoms with Gasteiger partial charge >= 0.3 is 0 Å². The van der Waals surface area contributed by atoms with Crippen LogP contribution in [0.15, 0.2) is 18.2 Å². The first-order valence-corrected chi connectivity index (χ1v) is 16.6. The second kappa shape index (κ2) is 9.88. The molecule has 192 valence electrons. The molecule has 0 aromatic heterocycles. The standard InChI is InChI=1S/C29H48O4Si/c1-28(2,3)34(5,6)33-26-12-11-25-27-20(8-7-16-32-17-15-30)18-21-19-22(31)9-10-23(21)24(27)13-14-29(25,26)4/h9-10,19-20,24-27,30-31H,7-8,11-18H2,1-6H3/t20-,24-,25+,26+,27-,29+/m1/s1. The topological polar surface area (TPSA) is 58.9 Å². The molecule has 5 heteroatoms. The number of hydrogen-bond donors (Lipinski definition) is 2. The van der Waals surface area contributed by atoms with E-state index in [0.29, 0.717) is 42.1 Å². The highest BCUT2D eigenvalue weighted by molar-refractivity contribution is 6.74. The van der Waals surface area contributed by atoms with Gasteiger partial charge in [0.2, 0.25) is 0 Å². The van der Waals surface area contributed by atoms with Gasteiger partial charge in [0.15, 0.2) is 8.32 Å². The zero-order valence-electron chi connectivity index (χ0n) is 22.4. The third kappa shape index (κ3) is 4.87. The van der Waals surface area contributed by atoms with Crippen LogP contribution >= 0.6 is 0 Å². The van der Waals surface area contributed by atoms with Crippen molar-refractivity contribution < 1.29 is 19.4 Å². The summed E-state index contributed by atoms with van der Waals surface area (Å²) in [7, 11) is -1.82. The number of aromatic hydroxyl groups is 1. The lowest BCUT2D eigenvalue weighted by atomic mass is 9.52. The third-order valence-corrected chi connectivity index (χ3v) is 14.6. The first-order valence-electron chi connectivity index (χ1n) is 13.7. The fraction of sp³-hybridized carbons (Fsp3) is 0.793. The van der Waals surface area contributed by atoms with Gasteiger partial charge in [-0.3, -0.25) is 0 Å². The molecule has 0 spiro atoms. The Kier molecular flexibility index (Phi) is 7.61. The van der Waals surface area contributed by atoms with Crippen LogP contribution in [-0.2, 0) is 15.6 Å². The normalized spacial score (nSPS) is 33.3. The Hall–Kier alpha value is -0.883. The van der Waals surface area contributed by atoms with E-state index in [4.69, 9.17) is 14.3 Å². The van der Waals surface area contributed by atoms with Gasteiger partial charge in [0, 0.05) is 6.61 Å². The van der Waals surface area contributed by atoms with Gasteiger partial charge in [-0.2, -0.15) is 0 Å². The van der Waals surface area contributed by atoms with Gasteiger partial charge in [0.25, 0.3) is 0 Å². The van der Waals surface area contributed by atoms with Gasteiger partial charge in [-0.1, -0.05) is 33.8 Å². The number of rotatable bonds is 8. The quantitative estimate of drug-likeness (QED) is 0.317. The van der Waals surface area contributed by atoms with Gasteiger partial charge in [0.05, 0.1) is 19.3 Å². The molecule has 3 aliphatic carbocycles. The van der Waals surface area contributed by atoms with Crippen LogP contribution in [0.1, 0.15) is 83.3 Å². The number of aliphatic hydroxyl groups is 1. The molecule has 0 radical (unpaired) electrons. The highest BCUT2D eigenvalue weighted by atomic mass is 28.4. The Morgan fingerprint density at radius 3 is 2.59 bits per heavy atom. The van der Waals surface area contributed by atoms with Crippen LogP contribution in [0.4, 0.5) is 0 Å². The second-order valence-corrected chi connectivity index (χ2v) is 17.9. The predicted molar refractivity (Wildman–Crippen MR) is 141 cm³/mol. The largest absolute Gasteiger partial charge is 0.508 e. The van der Waals surface area contributed by atoms with Crippen molar-refractivity contribution in [1.82, 2.24) is 0 Å². The molecular formula is C29H48O4Si. The van der Waals surface area contributed by atoms with Crippen LogP contribution in [0.3, 0.4) is 0 Å². The molecule has 6 atom stereocenters. The van der Waals surface area contributed by atoms with Crippen LogP contribution in [0.5, 0.6) is 5.75 Å². The first-order chi connectivity index (χ1) is 16.0. The molecule has 0 heterocycles. The summed E-state index contributed by atoms with van der Waals surface area (Å²) < 4.78 is 12.7. The van der Waals surface area contributed by atoms with E-state index >= 15 is 0 Å². The minimum atomic E-state index is -1.82. The van der Waals surface area contributed by atoms with E-state index < -0.39 is 8.32 Å². The van der Waals surface area contributed by atoms with Crippen LogP contribution < -0.4 is 0 Å². The molecule has 0 unspecified atom stereocenters. The molecule has 34 heavy (non-hydrogen) atoms. The van der Waals surface area contributed by atoms with Crippen molar-refractivity contribution in [2.75, 3.05) is 19.8 Å². The average Bonchev–Trinajstić information content (AvgIpc) is 3.08. The molecule has 0 saturated heterocycles. The van der Waals surface area contributed by atoms with E-state index in [-0.39, 0.29) is 17.1 Å². The highest BCUT2D eigenvalue weighted by Gasteiger charge is 2.58. The summed E-state index contributed by atoms with van der Waals surface area (Å²) in [5, 5.41) is 19.5. The minimum Gasteiger partial charge on any atom is -0.508 e. The van der Waals surface area contributed by atoms with Crippen LogP contribution in [0.25, 0.3) is 0 Å². The highest BCUT2D eigenvalue weighted by Crippen LogP contribution is 2.64. The van der Waals surface area contributed by atoms with Crippen molar-refractivity contribution in [2.45, 2.75) is 103 Å². The number of fused-ring (bicyclic) bond motifs is 5. The molecule has 0 amide bonds. The molecule has 4 nitrogen and oxygen atoms in total. The number of phenolic OH excluding ortho intramolecular Hbond substituents is 1. The number of hydrogen-bond acceptors (Lipinski definition) is 4. The molecule has 1 aromatic carbocycles. The van der Waals surface area contributed by atoms with Crippen molar-refractivity contribution >= 4 is 8.32 Å². The van der Waals surface area contributed by atoms with Gasteiger partial charge in [0.1, 0.15) is 5.75 Å². The van der Waals surface area contributed by atoms with Crippen molar-refractivity contribution in [2.24, 2.45) is 23.2 Å². The average molecular weight is 489 g/mol. The molecule has 2 saturated carbocycles. The van der Waals surface area contributed by atoms with Crippen molar-refractivity contribution in [3.63, 3.8) is 0 Å². The SMILES string of the molecule is CC(C)(C)[Si](C)(C)O[C@H]1CC[C@H]2[C@@H]3[C@H](CCCOCCO)Cc4cc(O)ccc4[C@H]3CC[C@]12C. The monoisotopic (exact) mass is 488 g/mol. The van der Waals surface area contributed by atoms with Crippen molar-refractivity contribution in [3.8, 4) is 5.75 Å². The molecule has 4 rings (SSSR count). The Morgan fingerprint density at radius 1 is 1.12 bits per heavy atom. The molecular weight excluding hydrogens is 440 g/mol. The lowest BCUT2D eigenvalue weighted by Crippen LogP contribution is -2.51. The van der Waals surface area contributed by atoms with E-state index in [2.05, 4.69) is 46.9 Å². The van der Waals surface area contributed by atoms with E-state index in [0.717, 1.165) is 25.9 Å².